The molecule has 1 aromatic rings. The molecule has 0 bridgehead atoms. The van der Waals surface area contributed by atoms with Gasteiger partial charge in [-0.05, 0) is 11.5 Å². The molecular weight excluding hydrogens is 256 g/mol. The minimum absolute atomic E-state index is 0.0529. The molecule has 19 heavy (non-hydrogen) atoms. The number of benzene rings is 1. The van der Waals surface area contributed by atoms with Crippen LogP contribution < -0.4 is 5.73 Å². The monoisotopic (exact) mass is 278 g/mol. The van der Waals surface area contributed by atoms with E-state index < -0.39 is 6.04 Å². The predicted molar refractivity (Wildman–Crippen MR) is 81.0 cm³/mol. The fraction of sp³-hybridized carbons (Fsp3) is 0.533. The normalized spacial score (nSPS) is 21.5. The highest BCUT2D eigenvalue weighted by atomic mass is 32.2. The quantitative estimate of drug-likeness (QED) is 0.922. The molecule has 2 N–H and O–H groups in total. The van der Waals surface area contributed by atoms with Crippen molar-refractivity contribution in [3.63, 3.8) is 0 Å². The molecule has 2 rings (SSSR count). The maximum atomic E-state index is 12.5. The van der Waals surface area contributed by atoms with Crippen LogP contribution in [0.25, 0.3) is 0 Å². The van der Waals surface area contributed by atoms with Crippen LogP contribution in [-0.4, -0.2) is 34.9 Å². The summed E-state index contributed by atoms with van der Waals surface area (Å²) in [5, 5.41) is 0.528. The lowest BCUT2D eigenvalue weighted by atomic mass is 10.1. The Morgan fingerprint density at radius 3 is 2.68 bits per heavy atom. The minimum atomic E-state index is -0.530. The summed E-state index contributed by atoms with van der Waals surface area (Å²) < 4.78 is 0. The molecule has 0 aromatic heterocycles. The molecule has 1 amide bonds. The van der Waals surface area contributed by atoms with Crippen molar-refractivity contribution in [2.24, 2.45) is 11.7 Å². The number of hydrogen-bond acceptors (Lipinski definition) is 3. The molecule has 0 unspecified atom stereocenters. The summed E-state index contributed by atoms with van der Waals surface area (Å²) >= 11 is 1.97. The highest BCUT2D eigenvalue weighted by Gasteiger charge is 2.29. The van der Waals surface area contributed by atoms with Gasteiger partial charge < -0.3 is 10.6 Å². The second-order valence-corrected chi connectivity index (χ2v) is 6.67. The Morgan fingerprint density at radius 1 is 1.37 bits per heavy atom. The molecule has 104 valence electrons. The van der Waals surface area contributed by atoms with Crippen LogP contribution in [0.4, 0.5) is 0 Å². The molecule has 1 aliphatic rings. The highest BCUT2D eigenvalue weighted by molar-refractivity contribution is 8.00. The van der Waals surface area contributed by atoms with E-state index in [-0.39, 0.29) is 5.91 Å². The van der Waals surface area contributed by atoms with E-state index in [2.05, 4.69) is 13.8 Å². The van der Waals surface area contributed by atoms with Crippen LogP contribution in [0.2, 0.25) is 0 Å². The number of amides is 1. The topological polar surface area (TPSA) is 46.3 Å². The van der Waals surface area contributed by atoms with Crippen LogP contribution in [-0.2, 0) is 4.79 Å². The Morgan fingerprint density at radius 2 is 2.05 bits per heavy atom. The van der Waals surface area contributed by atoms with Gasteiger partial charge in [0.2, 0.25) is 5.91 Å². The molecule has 0 aliphatic carbocycles. The van der Waals surface area contributed by atoms with E-state index in [4.69, 9.17) is 5.73 Å². The minimum Gasteiger partial charge on any atom is -0.339 e. The van der Waals surface area contributed by atoms with Gasteiger partial charge >= 0.3 is 0 Å². The summed E-state index contributed by atoms with van der Waals surface area (Å²) in [6.45, 7) is 6.06. The van der Waals surface area contributed by atoms with Gasteiger partial charge in [0, 0.05) is 24.1 Å². The first kappa shape index (κ1) is 14.4. The molecule has 2 atom stereocenters. The van der Waals surface area contributed by atoms with Crippen LogP contribution in [0, 0.1) is 5.92 Å². The highest BCUT2D eigenvalue weighted by Crippen LogP contribution is 2.26. The zero-order valence-corrected chi connectivity index (χ0v) is 12.4. The third-order valence-electron chi connectivity index (χ3n) is 3.57. The van der Waals surface area contributed by atoms with E-state index >= 15 is 0 Å². The number of nitrogens with zero attached hydrogens (tertiary/aromatic N) is 1. The van der Waals surface area contributed by atoms with Gasteiger partial charge in [-0.2, -0.15) is 11.8 Å². The van der Waals surface area contributed by atoms with Gasteiger partial charge in [-0.1, -0.05) is 44.2 Å². The Hall–Kier alpha value is -1.00. The Labute approximate surface area is 119 Å². The Bertz CT molecular complexity index is 421. The third-order valence-corrected chi connectivity index (χ3v) is 5.11. The molecule has 0 radical (unpaired) electrons. The summed E-state index contributed by atoms with van der Waals surface area (Å²) in [7, 11) is 0. The molecule has 3 nitrogen and oxygen atoms in total. The lowest BCUT2D eigenvalue weighted by Gasteiger charge is -2.35. The first-order chi connectivity index (χ1) is 9.09. The largest absolute Gasteiger partial charge is 0.339 e. The summed E-state index contributed by atoms with van der Waals surface area (Å²) in [5.41, 5.74) is 6.99. The first-order valence-electron chi connectivity index (χ1n) is 6.80. The van der Waals surface area contributed by atoms with Gasteiger partial charge in [-0.15, -0.1) is 0 Å². The van der Waals surface area contributed by atoms with E-state index in [0.717, 1.165) is 24.4 Å². The number of carbonyl (C=O) groups is 1. The summed E-state index contributed by atoms with van der Waals surface area (Å²) in [5.74, 6) is 1.65. The fourth-order valence-electron chi connectivity index (χ4n) is 2.28. The van der Waals surface area contributed by atoms with Gasteiger partial charge in [-0.25, -0.2) is 0 Å². The van der Waals surface area contributed by atoms with Crippen molar-refractivity contribution in [3.05, 3.63) is 35.9 Å². The average molecular weight is 278 g/mol. The first-order valence-corrected chi connectivity index (χ1v) is 7.85. The predicted octanol–water partition coefficient (Wildman–Crippen LogP) is 2.29. The van der Waals surface area contributed by atoms with E-state index in [1.54, 1.807) is 0 Å². The van der Waals surface area contributed by atoms with Gasteiger partial charge in [-0.3, -0.25) is 4.79 Å². The number of nitrogens with two attached hydrogens (primary N) is 1. The molecule has 1 aliphatic heterocycles. The lowest BCUT2D eigenvalue weighted by molar-refractivity contribution is -0.132. The van der Waals surface area contributed by atoms with Crippen LogP contribution in [0.1, 0.15) is 25.5 Å². The fourth-order valence-corrected chi connectivity index (χ4v) is 3.58. The van der Waals surface area contributed by atoms with Crippen molar-refractivity contribution in [3.8, 4) is 0 Å². The van der Waals surface area contributed by atoms with Crippen molar-refractivity contribution in [1.29, 1.82) is 0 Å². The van der Waals surface area contributed by atoms with Gasteiger partial charge in [0.25, 0.3) is 0 Å². The zero-order chi connectivity index (χ0) is 13.8. The molecule has 1 saturated heterocycles. The molecule has 0 saturated carbocycles. The van der Waals surface area contributed by atoms with Crippen molar-refractivity contribution in [1.82, 2.24) is 4.90 Å². The van der Waals surface area contributed by atoms with Crippen LogP contribution in [0.5, 0.6) is 0 Å². The average Bonchev–Trinajstić information content (AvgIpc) is 2.46. The maximum Gasteiger partial charge on any atom is 0.244 e. The Balaban J connectivity index is 2.03. The number of hydrogen-bond donors (Lipinski definition) is 1. The molecule has 1 fully saturated rings. The number of rotatable bonds is 3. The smallest absolute Gasteiger partial charge is 0.244 e. The van der Waals surface area contributed by atoms with Crippen LogP contribution in [0.3, 0.4) is 0 Å². The maximum absolute atomic E-state index is 12.5. The molecule has 1 aromatic carbocycles. The summed E-state index contributed by atoms with van der Waals surface area (Å²) in [6.07, 6.45) is 0. The molecule has 0 spiro atoms. The lowest BCUT2D eigenvalue weighted by Crippen LogP contribution is -2.47. The second kappa shape index (κ2) is 6.44. The number of thioether (sulfide) groups is 1. The molecule has 1 heterocycles. The van der Waals surface area contributed by atoms with Crippen LogP contribution in [0.15, 0.2) is 30.3 Å². The number of carbonyl (C=O) groups excluding carboxylic acids is 1. The standard InChI is InChI=1S/C15H22N2OS/c1-11(2)13-10-17(8-9-19-13)15(18)14(16)12-6-4-3-5-7-12/h3-7,11,13-14H,8-10,16H2,1-2H3/t13-,14-/m1/s1. The molecular formula is C15H22N2OS. The van der Waals surface area contributed by atoms with E-state index in [1.165, 1.54) is 0 Å². The van der Waals surface area contributed by atoms with Crippen molar-refractivity contribution >= 4 is 17.7 Å². The summed E-state index contributed by atoms with van der Waals surface area (Å²) in [6, 6.07) is 9.09. The van der Waals surface area contributed by atoms with Crippen molar-refractivity contribution in [2.45, 2.75) is 25.1 Å². The Kier molecular flexibility index (Phi) is 4.88. The second-order valence-electron chi connectivity index (χ2n) is 5.33. The van der Waals surface area contributed by atoms with Gasteiger partial charge in [0.05, 0.1) is 0 Å². The van der Waals surface area contributed by atoms with Gasteiger partial charge in [0.15, 0.2) is 0 Å². The van der Waals surface area contributed by atoms with E-state index in [0.29, 0.717) is 11.2 Å². The van der Waals surface area contributed by atoms with Crippen LogP contribution >= 0.6 is 11.8 Å². The SMILES string of the molecule is CC(C)[C@H]1CN(C(=O)[C@H](N)c2ccccc2)CCS1. The zero-order valence-electron chi connectivity index (χ0n) is 11.6. The van der Waals surface area contributed by atoms with Crippen molar-refractivity contribution in [2.75, 3.05) is 18.8 Å². The van der Waals surface area contributed by atoms with E-state index in [1.807, 2.05) is 47.0 Å². The molecule has 4 heteroatoms. The van der Waals surface area contributed by atoms with E-state index in [9.17, 15) is 4.79 Å². The summed E-state index contributed by atoms with van der Waals surface area (Å²) in [4.78, 5) is 14.4. The van der Waals surface area contributed by atoms with Gasteiger partial charge in [0.1, 0.15) is 6.04 Å². The van der Waals surface area contributed by atoms with Crippen molar-refractivity contribution < 1.29 is 4.79 Å². The third kappa shape index (κ3) is 3.51.